The van der Waals surface area contributed by atoms with Crippen LogP contribution >= 0.6 is 23.5 Å². The molecule has 42 nitrogen and oxygen atoms in total. The first-order valence-electron chi connectivity index (χ1n) is 50.5. The number of nitrogens with zero attached hydrogens (tertiary/aromatic N) is 2. The first-order valence-corrected chi connectivity index (χ1v) is 54.9. The summed E-state index contributed by atoms with van der Waals surface area (Å²) in [5.41, 5.74) is 6.29. The van der Waals surface area contributed by atoms with Gasteiger partial charge < -0.3 is 117 Å². The molecule has 0 aliphatic carbocycles. The van der Waals surface area contributed by atoms with E-state index in [2.05, 4.69) is 69.0 Å². The predicted molar refractivity (Wildman–Crippen MR) is 558 cm³/mol. The van der Waals surface area contributed by atoms with Gasteiger partial charge in [-0.1, -0.05) is 124 Å². The van der Waals surface area contributed by atoms with Gasteiger partial charge in [0, 0.05) is 97.8 Å². The van der Waals surface area contributed by atoms with Gasteiger partial charge in [0.1, 0.15) is 70.9 Å². The lowest BCUT2D eigenvalue weighted by Gasteiger charge is -2.36. The maximum Gasteiger partial charge on any atom is 0.469 e. The summed E-state index contributed by atoms with van der Waals surface area (Å²) in [5, 5.41) is 11.2. The highest BCUT2D eigenvalue weighted by Crippen LogP contribution is 2.40. The number of amides is 4. The first-order chi connectivity index (χ1) is 66.7. The summed E-state index contributed by atoms with van der Waals surface area (Å²) in [7, 11) is -6.19. The Morgan fingerprint density at radius 3 is 0.788 bits per heavy atom. The lowest BCUT2D eigenvalue weighted by atomic mass is 9.89. The number of likely N-dealkylation sites (N-methyl/N-ethyl adjacent to an activating group) is 2. The van der Waals surface area contributed by atoms with Crippen LogP contribution in [0.1, 0.15) is 317 Å². The standard InChI is InChI=1S/2C17H29NO4.C16H34NO6P.C14H24O6.C13H28NO6P.2C8H18N2O.C8H17O6P/c2*1-6-17(4,5)16(21)18-11-7-9-14(19)10-8-12-22-15(20)13(2)3;1-7-16(5,6)15(18)21-13-14-23-24(19,20)22-12-11-17(8-2,9-3)10-4;1-7-13(2,3)10(15)19-8-9-20-12(17)14(4,5)11(16)18-6;1-7-13(2,3)12(15)18-10-11-20-21(16,17)19-9-8-14(4,5)6;2*1-4-8(2,3)7(11)10-6-5-9;1-4-8(2,3)7(9)13-5-6-14-15(10,11)12/h2*2,6-12H2,1,3-5H3,(H,18,21);7-14H2,1-6H3;7-9H2,1-6H3;7-11H2,1-6H3;2*4-6,9H2,1-3H3,(H,10,11);4-6H2,1-3H3,(H2,10,11,12). The minimum absolute atomic E-state index is 0.0224. The molecule has 0 aliphatic rings. The van der Waals surface area contributed by atoms with Gasteiger partial charge in [-0.25, -0.2) is 14.2 Å². The molecule has 0 aliphatic heterocycles. The minimum Gasteiger partial charge on any atom is -0.756 e. The number of methoxy groups -OCH3 is 1. The van der Waals surface area contributed by atoms with E-state index in [0.29, 0.717) is 145 Å². The van der Waals surface area contributed by atoms with E-state index in [4.69, 9.17) is 68.0 Å². The zero-order valence-corrected chi connectivity index (χ0v) is 98.5. The summed E-state index contributed by atoms with van der Waals surface area (Å²) in [6, 6.07) is 0. The van der Waals surface area contributed by atoms with Crippen LogP contribution in [0.15, 0.2) is 24.3 Å². The maximum atomic E-state index is 11.8. The molecule has 0 heterocycles. The van der Waals surface area contributed by atoms with Crippen LogP contribution in [-0.2, 0) is 141 Å². The van der Waals surface area contributed by atoms with E-state index in [1.165, 1.54) is 21.0 Å². The second-order valence-electron chi connectivity index (χ2n) is 41.2. The van der Waals surface area contributed by atoms with Crippen molar-refractivity contribution in [3.8, 4) is 0 Å². The fraction of sp³-hybridized carbons (Fsp3) is 0.822. The third-order valence-corrected chi connectivity index (χ3v) is 26.6. The second-order valence-corrected chi connectivity index (χ2v) is 45.3. The molecular weight excluding hydrogens is 1960 g/mol. The van der Waals surface area contributed by atoms with E-state index in [1.807, 2.05) is 132 Å². The molecule has 0 rings (SSSR count). The number of ketones is 2. The highest BCUT2D eigenvalue weighted by atomic mass is 31.2. The van der Waals surface area contributed by atoms with E-state index in [9.17, 15) is 90.6 Å². The third-order valence-electron chi connectivity index (χ3n) is 24.1. The molecule has 0 saturated carbocycles. The molecule has 0 aromatic heterocycles. The van der Waals surface area contributed by atoms with Crippen molar-refractivity contribution in [2.75, 3.05) is 180 Å². The number of carbonyl (C=O) groups is 14. The van der Waals surface area contributed by atoms with Gasteiger partial charge in [-0.15, -0.1) is 0 Å². The van der Waals surface area contributed by atoms with Crippen LogP contribution in [-0.4, -0.2) is 281 Å². The molecule has 0 radical (unpaired) electrons. The Labute approximate surface area is 874 Å². The van der Waals surface area contributed by atoms with Crippen LogP contribution < -0.4 is 42.5 Å². The number of quaternary nitrogens is 2. The molecule has 0 aromatic rings. The van der Waals surface area contributed by atoms with Gasteiger partial charge in [-0.2, -0.15) is 0 Å². The number of hydrogen-bond acceptors (Lipinski definition) is 34. The largest absolute Gasteiger partial charge is 0.756 e. The smallest absolute Gasteiger partial charge is 0.469 e. The van der Waals surface area contributed by atoms with Crippen molar-refractivity contribution in [2.24, 2.45) is 60.2 Å². The third kappa shape index (κ3) is 78.8. The van der Waals surface area contributed by atoms with Gasteiger partial charge in [0.2, 0.25) is 23.6 Å². The number of rotatable bonds is 66. The van der Waals surface area contributed by atoms with Crippen molar-refractivity contribution >= 4 is 106 Å². The van der Waals surface area contributed by atoms with Gasteiger partial charge >= 0.3 is 55.6 Å². The van der Waals surface area contributed by atoms with Crippen molar-refractivity contribution in [1.82, 2.24) is 21.3 Å². The number of ether oxygens (including phenoxy) is 8. The van der Waals surface area contributed by atoms with Crippen molar-refractivity contribution < 1.29 is 170 Å². The van der Waals surface area contributed by atoms with E-state index in [1.54, 1.807) is 69.2 Å². The molecule has 0 bridgehead atoms. The Kier molecular flexibility index (Phi) is 83.0. The first kappa shape index (κ1) is 154. The summed E-state index contributed by atoms with van der Waals surface area (Å²) in [6.07, 6.45) is 9.77. The van der Waals surface area contributed by atoms with Gasteiger partial charge in [-0.3, -0.25) is 71.2 Å². The Hall–Kier alpha value is -7.37. The quantitative estimate of drug-likeness (QED) is 0.00533. The summed E-state index contributed by atoms with van der Waals surface area (Å²) in [5.74, 6) is -3.26. The number of esters is 8. The fourth-order valence-electron chi connectivity index (χ4n) is 9.31. The van der Waals surface area contributed by atoms with E-state index in [-0.39, 0.29) is 154 Å². The van der Waals surface area contributed by atoms with E-state index < -0.39 is 80.4 Å². The van der Waals surface area contributed by atoms with E-state index >= 15 is 0 Å². The Morgan fingerprint density at radius 1 is 0.322 bits per heavy atom. The van der Waals surface area contributed by atoms with Crippen LogP contribution in [0, 0.1) is 48.7 Å². The summed E-state index contributed by atoms with van der Waals surface area (Å²) in [4.78, 5) is 201. The molecule has 2 atom stereocenters. The molecule has 0 spiro atoms. The Bertz CT molecular complexity index is 3860. The predicted octanol–water partition coefficient (Wildman–Crippen LogP) is 12.9. The lowest BCUT2D eigenvalue weighted by molar-refractivity contribution is -0.923. The van der Waals surface area contributed by atoms with Crippen molar-refractivity contribution in [3.63, 3.8) is 0 Å². The zero-order valence-electron chi connectivity index (χ0n) is 95.8. The van der Waals surface area contributed by atoms with Crippen molar-refractivity contribution in [3.05, 3.63) is 24.3 Å². The van der Waals surface area contributed by atoms with Crippen molar-refractivity contribution in [2.45, 2.75) is 317 Å². The number of nitrogens with two attached hydrogens (primary N) is 2. The average molecular weight is 2160 g/mol. The van der Waals surface area contributed by atoms with Gasteiger partial charge in [0.25, 0.3) is 15.6 Å². The average Bonchev–Trinajstić information content (AvgIpc) is 0.841. The minimum atomic E-state index is -4.46. The summed E-state index contributed by atoms with van der Waals surface area (Å²) in [6.45, 7) is 70.5. The Balaban J connectivity index is -0.000000251. The highest BCUT2D eigenvalue weighted by Gasteiger charge is 2.40. The number of phosphoric acid groups is 3. The monoisotopic (exact) mass is 2160 g/mol. The normalized spacial score (nSPS) is 12.6. The van der Waals surface area contributed by atoms with Gasteiger partial charge in [-0.05, 0) is 181 Å². The van der Waals surface area contributed by atoms with E-state index in [0.717, 1.165) is 49.8 Å². The molecule has 0 aromatic carbocycles. The molecule has 45 heteroatoms. The van der Waals surface area contributed by atoms with Gasteiger partial charge in [0.15, 0.2) is 5.41 Å². The van der Waals surface area contributed by atoms with Crippen molar-refractivity contribution in [1.29, 1.82) is 0 Å². The number of Topliss-reactive ketones (excluding diaryl/α,β-unsaturated/α-hetero) is 2. The zero-order chi connectivity index (χ0) is 116. The van der Waals surface area contributed by atoms with Gasteiger partial charge in [0.05, 0.1) is 103 Å². The Morgan fingerprint density at radius 2 is 0.555 bits per heavy atom. The van der Waals surface area contributed by atoms with Crippen LogP contribution in [0.2, 0.25) is 0 Å². The second kappa shape index (κ2) is 78.7. The number of phosphoric ester groups is 3. The lowest BCUT2D eigenvalue weighted by Crippen LogP contribution is -2.49. The highest BCUT2D eigenvalue weighted by molar-refractivity contribution is 7.46. The molecule has 2 unspecified atom stereocenters. The topological polar surface area (TPSA) is 597 Å². The SMILES string of the molecule is C=C(C)C(=O)OCCCC(=O)CCCNC(=O)C(C)(C)CC.C=C(C)C(=O)OCCCC(=O)CCCNC(=O)C(C)(C)CC.CCC(C)(C)C(=O)NCCN.CCC(C)(C)C(=O)NCCN.CCC(C)(C)C(=O)OCCOC(=O)C(C)(C)C(=O)OC.CCC(C)(C)C(=O)OCCOP(=O)(O)O.CCC(C)(C)C(=O)OCCOP(=O)([O-])OCC[N+](C)(C)C.CCC(C)(C)C(=O)OCCOP(=O)([O-])OCC[N+](CC)(CC)CC. The summed E-state index contributed by atoms with van der Waals surface area (Å²) >= 11 is 0. The van der Waals surface area contributed by atoms with Crippen LogP contribution in [0.3, 0.4) is 0 Å². The number of carbonyl (C=O) groups excluding carboxylic acids is 14. The summed E-state index contributed by atoms with van der Waals surface area (Å²) < 4.78 is 97.0. The number of nitrogens with one attached hydrogen (secondary N) is 4. The molecule has 146 heavy (non-hydrogen) atoms. The molecule has 10 N–H and O–H groups in total. The van der Waals surface area contributed by atoms with Crippen LogP contribution in [0.5, 0.6) is 0 Å². The maximum absolute atomic E-state index is 11.8. The van der Waals surface area contributed by atoms with Crippen LogP contribution in [0.25, 0.3) is 0 Å². The molecule has 0 saturated heterocycles. The molecular formula is C101H197N8O34P3. The fourth-order valence-corrected chi connectivity index (χ4v) is 11.0. The van der Waals surface area contributed by atoms with Crippen LogP contribution in [0.4, 0.5) is 0 Å². The number of hydrogen-bond donors (Lipinski definition) is 8. The molecule has 0 fully saturated rings. The molecule has 4 amide bonds. The molecule has 860 valence electrons.